The van der Waals surface area contributed by atoms with Crippen LogP contribution in [0.2, 0.25) is 0 Å². The number of hydrogen-bond donors (Lipinski definition) is 0. The first kappa shape index (κ1) is 33.4. The lowest BCUT2D eigenvalue weighted by Crippen LogP contribution is -1.97. The summed E-state index contributed by atoms with van der Waals surface area (Å²) in [6.45, 7) is 6.72. The second-order valence-electron chi connectivity index (χ2n) is 13.0. The fourth-order valence-corrected chi connectivity index (χ4v) is 9.58. The summed E-state index contributed by atoms with van der Waals surface area (Å²) < 4.78 is 5.18. The van der Waals surface area contributed by atoms with E-state index in [4.69, 9.17) is 9.97 Å². The Morgan fingerprint density at radius 3 is 1.24 bits per heavy atom. The number of aromatic nitrogens is 2. The fourth-order valence-electron chi connectivity index (χ4n) is 7.11. The number of hydrogen-bond acceptors (Lipinski definition) is 4. The summed E-state index contributed by atoms with van der Waals surface area (Å²) in [5.74, 6) is 0.709. The van der Waals surface area contributed by atoms with Gasteiger partial charge in [0.05, 0.1) is 11.4 Å². The van der Waals surface area contributed by atoms with Gasteiger partial charge in [-0.2, -0.15) is 0 Å². The monoisotopic (exact) mass is 726 g/mol. The maximum Gasteiger partial charge on any atom is 0.160 e. The van der Waals surface area contributed by atoms with Crippen molar-refractivity contribution in [2.45, 2.75) is 0 Å². The number of fused-ring (bicyclic) bond motifs is 6. The average molecular weight is 727 g/mol. The molecular weight excluding hydrogens is 693 g/mol. The number of benzene rings is 7. The minimum atomic E-state index is 0.709. The van der Waals surface area contributed by atoms with E-state index in [9.17, 15) is 0 Å². The third-order valence-corrected chi connectivity index (χ3v) is 12.1. The van der Waals surface area contributed by atoms with Crippen molar-refractivity contribution in [1.82, 2.24) is 9.97 Å². The molecule has 0 saturated carbocycles. The molecule has 3 heterocycles. The molecule has 0 aliphatic rings. The highest BCUT2D eigenvalue weighted by Gasteiger charge is 2.18. The van der Waals surface area contributed by atoms with Crippen molar-refractivity contribution in [2.75, 3.05) is 0 Å². The van der Waals surface area contributed by atoms with Crippen LogP contribution in [0.1, 0.15) is 0 Å². The lowest BCUT2D eigenvalue weighted by atomic mass is 9.94. The Morgan fingerprint density at radius 1 is 0.370 bits per heavy atom. The Morgan fingerprint density at radius 2 is 0.778 bits per heavy atom. The molecule has 0 saturated heterocycles. The molecule has 10 aromatic rings. The van der Waals surface area contributed by atoms with Crippen molar-refractivity contribution in [3.63, 3.8) is 0 Å². The maximum absolute atomic E-state index is 5.26. The van der Waals surface area contributed by atoms with Gasteiger partial charge in [0.25, 0.3) is 0 Å². The SMILES string of the molecule is C=CC=C.c1ccc(-c2cc(-c3ccccc3)nc(-c3cc(-c4cccc5c4sc4ccccc45)cc(-c4cccc5c4sc4ccccc45)c3)n2)cc1. The Balaban J connectivity index is 0.000000918. The molecule has 2 nitrogen and oxygen atoms in total. The molecule has 7 aromatic carbocycles. The molecule has 0 unspecified atom stereocenters. The van der Waals surface area contributed by atoms with E-state index in [1.807, 2.05) is 34.8 Å². The smallest absolute Gasteiger partial charge is 0.160 e. The third kappa shape index (κ3) is 6.22. The van der Waals surface area contributed by atoms with E-state index in [0.717, 1.165) is 39.2 Å². The van der Waals surface area contributed by atoms with Gasteiger partial charge in [0.15, 0.2) is 5.82 Å². The number of allylic oxidation sites excluding steroid dienone is 2. The van der Waals surface area contributed by atoms with Crippen molar-refractivity contribution in [2.24, 2.45) is 0 Å². The summed E-state index contributed by atoms with van der Waals surface area (Å²) >= 11 is 3.72. The van der Waals surface area contributed by atoms with Crippen LogP contribution in [-0.2, 0) is 0 Å². The molecule has 0 spiro atoms. The van der Waals surface area contributed by atoms with Gasteiger partial charge in [-0.25, -0.2) is 9.97 Å². The highest BCUT2D eigenvalue weighted by molar-refractivity contribution is 7.26. The molecule has 0 aliphatic heterocycles. The van der Waals surface area contributed by atoms with E-state index in [1.165, 1.54) is 51.5 Å². The number of rotatable bonds is 6. The highest BCUT2D eigenvalue weighted by Crippen LogP contribution is 2.44. The molecule has 0 radical (unpaired) electrons. The molecule has 0 amide bonds. The van der Waals surface area contributed by atoms with Gasteiger partial charge in [0.1, 0.15) is 0 Å². The molecule has 256 valence electrons. The van der Waals surface area contributed by atoms with E-state index in [0.29, 0.717) is 5.82 Å². The molecule has 0 N–H and O–H groups in total. The topological polar surface area (TPSA) is 25.8 Å². The van der Waals surface area contributed by atoms with Crippen LogP contribution >= 0.6 is 22.7 Å². The predicted molar refractivity (Wildman–Crippen MR) is 235 cm³/mol. The van der Waals surface area contributed by atoms with Crippen LogP contribution < -0.4 is 0 Å². The summed E-state index contributed by atoms with van der Waals surface area (Å²) in [7, 11) is 0. The molecule has 0 fully saturated rings. The molecule has 0 atom stereocenters. The van der Waals surface area contributed by atoms with Gasteiger partial charge in [0, 0.05) is 57.0 Å². The zero-order valence-electron chi connectivity index (χ0n) is 29.4. The minimum absolute atomic E-state index is 0.709. The quantitative estimate of drug-likeness (QED) is 0.159. The van der Waals surface area contributed by atoms with Crippen molar-refractivity contribution < 1.29 is 0 Å². The van der Waals surface area contributed by atoms with Gasteiger partial charge >= 0.3 is 0 Å². The first-order chi connectivity index (χ1) is 26.7. The van der Waals surface area contributed by atoms with Crippen LogP contribution in [0.4, 0.5) is 0 Å². The van der Waals surface area contributed by atoms with E-state index in [1.54, 1.807) is 12.2 Å². The molecule has 0 bridgehead atoms. The fraction of sp³-hybridized carbons (Fsp3) is 0. The zero-order valence-corrected chi connectivity index (χ0v) is 31.1. The summed E-state index contributed by atoms with van der Waals surface area (Å²) in [4.78, 5) is 10.5. The second-order valence-corrected chi connectivity index (χ2v) is 15.1. The van der Waals surface area contributed by atoms with Crippen molar-refractivity contribution in [1.29, 1.82) is 0 Å². The summed E-state index contributed by atoms with van der Waals surface area (Å²) in [5, 5.41) is 5.17. The van der Waals surface area contributed by atoms with Gasteiger partial charge in [0.2, 0.25) is 0 Å². The van der Waals surface area contributed by atoms with E-state index in [-0.39, 0.29) is 0 Å². The summed E-state index contributed by atoms with van der Waals surface area (Å²) in [6, 6.07) is 60.7. The van der Waals surface area contributed by atoms with Crippen LogP contribution in [0.3, 0.4) is 0 Å². The van der Waals surface area contributed by atoms with Crippen molar-refractivity contribution >= 4 is 63.0 Å². The largest absolute Gasteiger partial charge is 0.228 e. The van der Waals surface area contributed by atoms with E-state index >= 15 is 0 Å². The van der Waals surface area contributed by atoms with Gasteiger partial charge in [-0.05, 0) is 58.7 Å². The first-order valence-electron chi connectivity index (χ1n) is 17.9. The second kappa shape index (κ2) is 14.5. The van der Waals surface area contributed by atoms with Crippen LogP contribution in [0.15, 0.2) is 195 Å². The van der Waals surface area contributed by atoms with Gasteiger partial charge in [-0.3, -0.25) is 0 Å². The summed E-state index contributed by atoms with van der Waals surface area (Å²) in [6.07, 6.45) is 3.28. The normalized spacial score (nSPS) is 11.1. The Kier molecular flexibility index (Phi) is 8.97. The molecule has 3 aromatic heterocycles. The Hall–Kier alpha value is -6.46. The molecule has 0 aliphatic carbocycles. The summed E-state index contributed by atoms with van der Waals surface area (Å²) in [5.41, 5.74) is 9.67. The average Bonchev–Trinajstić information content (AvgIpc) is 3.83. The minimum Gasteiger partial charge on any atom is -0.228 e. The molecular formula is C50H34N2S2. The lowest BCUT2D eigenvalue weighted by Gasteiger charge is -2.14. The molecule has 10 rings (SSSR count). The van der Waals surface area contributed by atoms with Crippen molar-refractivity contribution in [3.8, 4) is 56.2 Å². The van der Waals surface area contributed by atoms with E-state index < -0.39 is 0 Å². The maximum atomic E-state index is 5.26. The van der Waals surface area contributed by atoms with Crippen LogP contribution in [-0.4, -0.2) is 9.97 Å². The van der Waals surface area contributed by atoms with Crippen LogP contribution in [0.5, 0.6) is 0 Å². The Labute approximate surface area is 322 Å². The van der Waals surface area contributed by atoms with Gasteiger partial charge in [-0.1, -0.05) is 159 Å². The standard InChI is InChI=1S/C46H28N2S2.C4H6/c1-3-13-29(14-4-1)40-28-41(30-15-5-2-6-16-30)48-46(47-40)33-26-31(34-19-11-21-38-36-17-7-9-23-42(36)49-44(34)38)25-32(27-33)35-20-12-22-39-37-18-8-10-24-43(37)50-45(35)39;1-3-4-2/h1-28H;3-4H,1-2H2. The Bertz CT molecular complexity index is 2780. The first-order valence-corrected chi connectivity index (χ1v) is 19.5. The van der Waals surface area contributed by atoms with Crippen molar-refractivity contribution in [3.05, 3.63) is 195 Å². The van der Waals surface area contributed by atoms with Gasteiger partial charge in [-0.15, -0.1) is 22.7 Å². The van der Waals surface area contributed by atoms with Crippen LogP contribution in [0, 0.1) is 0 Å². The van der Waals surface area contributed by atoms with Gasteiger partial charge < -0.3 is 0 Å². The number of thiophene rings is 2. The zero-order chi connectivity index (χ0) is 36.4. The third-order valence-electron chi connectivity index (χ3n) is 9.65. The molecule has 54 heavy (non-hydrogen) atoms. The highest BCUT2D eigenvalue weighted by atomic mass is 32.1. The van der Waals surface area contributed by atoms with Crippen LogP contribution in [0.25, 0.3) is 96.5 Å². The number of nitrogens with zero attached hydrogens (tertiary/aromatic N) is 2. The molecule has 4 heteroatoms. The van der Waals surface area contributed by atoms with E-state index in [2.05, 4.69) is 171 Å². The lowest BCUT2D eigenvalue weighted by molar-refractivity contribution is 1.18. The predicted octanol–water partition coefficient (Wildman–Crippen LogP) is 14.9.